The largest absolute Gasteiger partial charge is 0.497 e. The number of benzene rings is 2. The summed E-state index contributed by atoms with van der Waals surface area (Å²) < 4.78 is 16.3. The molecule has 148 valence electrons. The van der Waals surface area contributed by atoms with Crippen LogP contribution in [0.3, 0.4) is 0 Å². The molecule has 0 aliphatic carbocycles. The fourth-order valence-electron chi connectivity index (χ4n) is 2.91. The molecule has 1 amide bonds. The number of fused-ring (bicyclic) bond motifs is 1. The molecule has 2 heterocycles. The maximum absolute atomic E-state index is 12.7. The molecule has 8 heteroatoms. The highest BCUT2D eigenvalue weighted by Gasteiger charge is 2.14. The highest BCUT2D eigenvalue weighted by atomic mass is 16.6. The first-order chi connectivity index (χ1) is 14.1. The maximum Gasteiger partial charge on any atom is 0.274 e. The standard InChI is InChI=1S/C21H20N4O4/c1-13-22-17(21(26)25-14-4-3-5-16(10-14)27-2)12-20(23-13)24-15-6-7-18-19(11-15)29-9-8-28-18/h3-7,10-12H,8-9H2,1-2H3,(H,25,26)(H,22,23,24). The number of aromatic nitrogens is 2. The number of rotatable bonds is 5. The van der Waals surface area contributed by atoms with Crippen molar-refractivity contribution < 1.29 is 19.0 Å². The van der Waals surface area contributed by atoms with E-state index < -0.39 is 0 Å². The highest BCUT2D eigenvalue weighted by molar-refractivity contribution is 6.03. The van der Waals surface area contributed by atoms with Crippen molar-refractivity contribution in [3.63, 3.8) is 0 Å². The number of anilines is 3. The van der Waals surface area contributed by atoms with Gasteiger partial charge in [-0.05, 0) is 31.2 Å². The van der Waals surface area contributed by atoms with E-state index in [0.29, 0.717) is 47.8 Å². The van der Waals surface area contributed by atoms with Gasteiger partial charge in [0.15, 0.2) is 11.5 Å². The van der Waals surface area contributed by atoms with E-state index >= 15 is 0 Å². The van der Waals surface area contributed by atoms with Gasteiger partial charge in [0.25, 0.3) is 5.91 Å². The summed E-state index contributed by atoms with van der Waals surface area (Å²) in [6.45, 7) is 2.78. The van der Waals surface area contributed by atoms with Crippen molar-refractivity contribution in [1.29, 1.82) is 0 Å². The van der Waals surface area contributed by atoms with Gasteiger partial charge < -0.3 is 24.8 Å². The molecule has 2 aromatic carbocycles. The van der Waals surface area contributed by atoms with E-state index in [-0.39, 0.29) is 11.6 Å². The third kappa shape index (κ3) is 4.37. The van der Waals surface area contributed by atoms with Crippen molar-refractivity contribution in [2.24, 2.45) is 0 Å². The van der Waals surface area contributed by atoms with Crippen LogP contribution in [0.5, 0.6) is 17.2 Å². The summed E-state index contributed by atoms with van der Waals surface area (Å²) >= 11 is 0. The third-order valence-electron chi connectivity index (χ3n) is 4.21. The SMILES string of the molecule is COc1cccc(NC(=O)c2cc(Nc3ccc4c(c3)OCCO4)nc(C)n2)c1. The Morgan fingerprint density at radius 2 is 1.83 bits per heavy atom. The second kappa shape index (κ2) is 8.05. The molecule has 8 nitrogen and oxygen atoms in total. The molecule has 29 heavy (non-hydrogen) atoms. The van der Waals surface area contributed by atoms with Gasteiger partial charge in [-0.2, -0.15) is 0 Å². The Morgan fingerprint density at radius 1 is 1.00 bits per heavy atom. The summed E-state index contributed by atoms with van der Waals surface area (Å²) in [5.74, 6) is 2.67. The van der Waals surface area contributed by atoms with Gasteiger partial charge in [0.2, 0.25) is 0 Å². The van der Waals surface area contributed by atoms with Gasteiger partial charge in [0, 0.05) is 29.6 Å². The summed E-state index contributed by atoms with van der Waals surface area (Å²) in [4.78, 5) is 21.3. The van der Waals surface area contributed by atoms with Crippen molar-refractivity contribution >= 4 is 23.1 Å². The van der Waals surface area contributed by atoms with Gasteiger partial charge >= 0.3 is 0 Å². The van der Waals surface area contributed by atoms with Gasteiger partial charge in [0.05, 0.1) is 7.11 Å². The molecule has 0 saturated carbocycles. The van der Waals surface area contributed by atoms with Crippen molar-refractivity contribution in [3.8, 4) is 17.2 Å². The Hall–Kier alpha value is -3.81. The van der Waals surface area contributed by atoms with Gasteiger partial charge in [0.1, 0.15) is 36.3 Å². The van der Waals surface area contributed by atoms with Crippen LogP contribution in [-0.2, 0) is 0 Å². The predicted molar refractivity (Wildman–Crippen MR) is 108 cm³/mol. The Bertz CT molecular complexity index is 1050. The van der Waals surface area contributed by atoms with E-state index in [9.17, 15) is 4.79 Å². The summed E-state index contributed by atoms with van der Waals surface area (Å²) in [6, 6.07) is 14.3. The first-order valence-electron chi connectivity index (χ1n) is 9.08. The number of nitrogens with one attached hydrogen (secondary N) is 2. The molecular weight excluding hydrogens is 372 g/mol. The predicted octanol–water partition coefficient (Wildman–Crippen LogP) is 3.56. The normalized spacial score (nSPS) is 12.2. The third-order valence-corrected chi connectivity index (χ3v) is 4.21. The van der Waals surface area contributed by atoms with Crippen LogP contribution in [0.1, 0.15) is 16.3 Å². The van der Waals surface area contributed by atoms with Crippen molar-refractivity contribution in [2.75, 3.05) is 31.0 Å². The second-order valence-corrected chi connectivity index (χ2v) is 6.36. The lowest BCUT2D eigenvalue weighted by molar-refractivity contribution is 0.102. The number of aryl methyl sites for hydroxylation is 1. The zero-order valence-corrected chi connectivity index (χ0v) is 16.1. The van der Waals surface area contributed by atoms with E-state index in [1.54, 1.807) is 44.4 Å². The number of methoxy groups -OCH3 is 1. The summed E-state index contributed by atoms with van der Waals surface area (Å²) in [6.07, 6.45) is 0. The van der Waals surface area contributed by atoms with Crippen LogP contribution in [0.2, 0.25) is 0 Å². The number of hydrogen-bond acceptors (Lipinski definition) is 7. The number of carbonyl (C=O) groups is 1. The molecule has 4 rings (SSSR count). The van der Waals surface area contributed by atoms with Crippen LogP contribution < -0.4 is 24.8 Å². The number of hydrogen-bond donors (Lipinski definition) is 2. The Balaban J connectivity index is 1.53. The fraction of sp³-hybridized carbons (Fsp3) is 0.190. The maximum atomic E-state index is 12.7. The molecule has 0 unspecified atom stereocenters. The number of amides is 1. The van der Waals surface area contributed by atoms with Crippen LogP contribution in [0.15, 0.2) is 48.5 Å². The lowest BCUT2D eigenvalue weighted by Crippen LogP contribution is -2.16. The first kappa shape index (κ1) is 18.5. The average Bonchev–Trinajstić information content (AvgIpc) is 2.73. The van der Waals surface area contributed by atoms with E-state index in [1.165, 1.54) is 0 Å². The molecule has 2 N–H and O–H groups in total. The van der Waals surface area contributed by atoms with Gasteiger partial charge in [-0.25, -0.2) is 9.97 Å². The topological polar surface area (TPSA) is 94.6 Å². The van der Waals surface area contributed by atoms with Gasteiger partial charge in [-0.1, -0.05) is 6.07 Å². The lowest BCUT2D eigenvalue weighted by atomic mass is 10.2. The molecule has 0 fully saturated rings. The van der Waals surface area contributed by atoms with E-state index in [4.69, 9.17) is 14.2 Å². The van der Waals surface area contributed by atoms with E-state index in [1.807, 2.05) is 18.2 Å². The average molecular weight is 392 g/mol. The van der Waals surface area contributed by atoms with E-state index in [2.05, 4.69) is 20.6 Å². The Kier molecular flexibility index (Phi) is 5.15. The minimum Gasteiger partial charge on any atom is -0.497 e. The molecule has 0 atom stereocenters. The molecule has 0 bridgehead atoms. The minimum atomic E-state index is -0.339. The first-order valence-corrected chi connectivity index (χ1v) is 9.08. The molecule has 0 spiro atoms. The quantitative estimate of drug-likeness (QED) is 0.685. The fourth-order valence-corrected chi connectivity index (χ4v) is 2.91. The molecule has 1 aliphatic rings. The van der Waals surface area contributed by atoms with Crippen LogP contribution in [0.25, 0.3) is 0 Å². The molecule has 3 aromatic rings. The van der Waals surface area contributed by atoms with Gasteiger partial charge in [-0.3, -0.25) is 4.79 Å². The van der Waals surface area contributed by atoms with Crippen LogP contribution in [0.4, 0.5) is 17.2 Å². The second-order valence-electron chi connectivity index (χ2n) is 6.36. The Morgan fingerprint density at radius 3 is 2.66 bits per heavy atom. The van der Waals surface area contributed by atoms with Gasteiger partial charge in [-0.15, -0.1) is 0 Å². The van der Waals surface area contributed by atoms with Crippen molar-refractivity contribution in [1.82, 2.24) is 9.97 Å². The number of ether oxygens (including phenoxy) is 3. The highest BCUT2D eigenvalue weighted by Crippen LogP contribution is 2.33. The summed E-state index contributed by atoms with van der Waals surface area (Å²) in [7, 11) is 1.57. The summed E-state index contributed by atoms with van der Waals surface area (Å²) in [5.41, 5.74) is 1.64. The van der Waals surface area contributed by atoms with Crippen molar-refractivity contribution in [2.45, 2.75) is 6.92 Å². The molecular formula is C21H20N4O4. The van der Waals surface area contributed by atoms with Crippen LogP contribution >= 0.6 is 0 Å². The van der Waals surface area contributed by atoms with Crippen molar-refractivity contribution in [3.05, 3.63) is 60.0 Å². The zero-order valence-electron chi connectivity index (χ0n) is 16.1. The minimum absolute atomic E-state index is 0.250. The lowest BCUT2D eigenvalue weighted by Gasteiger charge is -2.19. The monoisotopic (exact) mass is 392 g/mol. The van der Waals surface area contributed by atoms with Crippen LogP contribution in [-0.4, -0.2) is 36.2 Å². The van der Waals surface area contributed by atoms with E-state index in [0.717, 1.165) is 5.69 Å². The number of nitrogens with zero attached hydrogens (tertiary/aromatic N) is 2. The Labute approximate surface area is 167 Å². The molecule has 0 radical (unpaired) electrons. The summed E-state index contributed by atoms with van der Waals surface area (Å²) in [5, 5.41) is 6.00. The number of carbonyl (C=O) groups excluding carboxylic acids is 1. The molecule has 0 saturated heterocycles. The molecule has 1 aliphatic heterocycles. The smallest absolute Gasteiger partial charge is 0.274 e. The van der Waals surface area contributed by atoms with Crippen LogP contribution in [0, 0.1) is 6.92 Å². The zero-order chi connectivity index (χ0) is 20.2. The molecule has 1 aromatic heterocycles.